The van der Waals surface area contributed by atoms with Crippen molar-refractivity contribution in [1.29, 1.82) is 0 Å². The summed E-state index contributed by atoms with van der Waals surface area (Å²) in [4.78, 5) is 26.9. The van der Waals surface area contributed by atoms with Crippen LogP contribution < -0.4 is 14.4 Å². The second-order valence-corrected chi connectivity index (χ2v) is 9.11. The maximum absolute atomic E-state index is 13.2. The predicted octanol–water partition coefficient (Wildman–Crippen LogP) is 3.59. The average molecular weight is 479 g/mol. The summed E-state index contributed by atoms with van der Waals surface area (Å²) in [5.41, 5.74) is 1.43. The van der Waals surface area contributed by atoms with Gasteiger partial charge in [-0.2, -0.15) is 8.42 Å². The predicted molar refractivity (Wildman–Crippen MR) is 128 cm³/mol. The van der Waals surface area contributed by atoms with E-state index >= 15 is 0 Å². The molecule has 7 nitrogen and oxygen atoms in total. The van der Waals surface area contributed by atoms with Gasteiger partial charge in [-0.15, -0.1) is 0 Å². The first kappa shape index (κ1) is 22.4. The van der Waals surface area contributed by atoms with E-state index in [1.807, 2.05) is 6.92 Å². The lowest BCUT2D eigenvalue weighted by molar-refractivity contribution is -0.122. The van der Waals surface area contributed by atoms with Crippen LogP contribution in [0, 0.1) is 6.92 Å². The van der Waals surface area contributed by atoms with Gasteiger partial charge in [-0.05, 0) is 55.5 Å². The summed E-state index contributed by atoms with van der Waals surface area (Å²) in [7, 11) is -4.13. The molecular weight excluding hydrogens is 460 g/mol. The second-order valence-electron chi connectivity index (χ2n) is 7.18. The molecule has 0 unspecified atom stereocenters. The minimum atomic E-state index is -4.13. The Bertz CT molecular complexity index is 1380. The Balaban J connectivity index is 1.71. The van der Waals surface area contributed by atoms with E-state index in [9.17, 15) is 18.0 Å². The maximum Gasteiger partial charge on any atom is 0.339 e. The lowest BCUT2D eigenvalue weighted by Crippen LogP contribution is -2.54. The van der Waals surface area contributed by atoms with Gasteiger partial charge in [0.1, 0.15) is 16.2 Å². The largest absolute Gasteiger partial charge is 0.378 e. The van der Waals surface area contributed by atoms with Crippen LogP contribution in [0.5, 0.6) is 5.75 Å². The van der Waals surface area contributed by atoms with Crippen LogP contribution in [0.2, 0.25) is 0 Å². The fourth-order valence-electron chi connectivity index (χ4n) is 3.17. The molecule has 4 rings (SSSR count). The van der Waals surface area contributed by atoms with Crippen molar-refractivity contribution in [1.82, 2.24) is 5.32 Å². The lowest BCUT2D eigenvalue weighted by atomic mass is 10.1. The molecule has 0 radical (unpaired) electrons. The van der Waals surface area contributed by atoms with Gasteiger partial charge in [0.15, 0.2) is 5.11 Å². The molecule has 9 heteroatoms. The van der Waals surface area contributed by atoms with E-state index in [-0.39, 0.29) is 26.9 Å². The second kappa shape index (κ2) is 8.97. The number of benzene rings is 3. The molecule has 0 aliphatic carbocycles. The summed E-state index contributed by atoms with van der Waals surface area (Å²) in [6, 6.07) is 21.1. The first-order valence-electron chi connectivity index (χ1n) is 9.83. The zero-order chi connectivity index (χ0) is 23.6. The number of hydrogen-bond acceptors (Lipinski definition) is 6. The maximum atomic E-state index is 13.2. The molecule has 0 bridgehead atoms. The molecule has 166 valence electrons. The lowest BCUT2D eigenvalue weighted by Gasteiger charge is -2.28. The molecule has 1 aliphatic rings. The first-order valence-corrected chi connectivity index (χ1v) is 11.6. The third-order valence-electron chi connectivity index (χ3n) is 4.84. The van der Waals surface area contributed by atoms with Crippen molar-refractivity contribution >= 4 is 51.0 Å². The molecule has 1 N–H and O–H groups in total. The van der Waals surface area contributed by atoms with Crippen LogP contribution in [0.3, 0.4) is 0 Å². The summed E-state index contributed by atoms with van der Waals surface area (Å²) in [6.45, 7) is 1.84. The smallest absolute Gasteiger partial charge is 0.339 e. The third kappa shape index (κ3) is 4.69. The summed E-state index contributed by atoms with van der Waals surface area (Å²) in [5, 5.41) is 2.46. The van der Waals surface area contributed by atoms with E-state index in [0.717, 1.165) is 5.56 Å². The van der Waals surface area contributed by atoms with Crippen LogP contribution in [0.1, 0.15) is 11.1 Å². The van der Waals surface area contributed by atoms with Crippen molar-refractivity contribution in [2.24, 2.45) is 0 Å². The number of thiocarbonyl (C=S) groups is 1. The quantitative estimate of drug-likeness (QED) is 0.261. The monoisotopic (exact) mass is 478 g/mol. The van der Waals surface area contributed by atoms with E-state index in [1.54, 1.807) is 60.7 Å². The molecule has 0 saturated carbocycles. The Morgan fingerprint density at radius 3 is 2.24 bits per heavy atom. The molecule has 1 aliphatic heterocycles. The fraction of sp³-hybridized carbons (Fsp3) is 0.0417. The Kier molecular flexibility index (Phi) is 6.08. The number of para-hydroxylation sites is 2. The van der Waals surface area contributed by atoms with Gasteiger partial charge in [0, 0.05) is 5.56 Å². The van der Waals surface area contributed by atoms with Gasteiger partial charge in [-0.1, -0.05) is 54.1 Å². The van der Waals surface area contributed by atoms with Crippen LogP contribution in [-0.2, 0) is 19.7 Å². The highest BCUT2D eigenvalue weighted by Gasteiger charge is 2.34. The van der Waals surface area contributed by atoms with Crippen molar-refractivity contribution in [2.75, 3.05) is 4.90 Å². The van der Waals surface area contributed by atoms with Crippen LogP contribution in [0.4, 0.5) is 5.69 Å². The Morgan fingerprint density at radius 2 is 1.55 bits per heavy atom. The Hall–Kier alpha value is -3.82. The highest BCUT2D eigenvalue weighted by atomic mass is 32.2. The number of carbonyl (C=O) groups is 2. The zero-order valence-corrected chi connectivity index (χ0v) is 19.0. The van der Waals surface area contributed by atoms with Crippen molar-refractivity contribution in [3.63, 3.8) is 0 Å². The van der Waals surface area contributed by atoms with Crippen LogP contribution in [0.15, 0.2) is 89.3 Å². The molecule has 1 saturated heterocycles. The van der Waals surface area contributed by atoms with E-state index in [1.165, 1.54) is 29.2 Å². The summed E-state index contributed by atoms with van der Waals surface area (Å²) in [5.74, 6) is -1.34. The number of carbonyl (C=O) groups excluding carboxylic acids is 2. The molecular formula is C24H18N2O5S2. The zero-order valence-electron chi connectivity index (χ0n) is 17.4. The number of aryl methyl sites for hydroxylation is 1. The molecule has 2 amide bonds. The van der Waals surface area contributed by atoms with Gasteiger partial charge in [0.25, 0.3) is 11.8 Å². The summed E-state index contributed by atoms with van der Waals surface area (Å²) >= 11 is 5.18. The summed E-state index contributed by atoms with van der Waals surface area (Å²) < 4.78 is 30.9. The van der Waals surface area contributed by atoms with Crippen LogP contribution >= 0.6 is 12.2 Å². The van der Waals surface area contributed by atoms with Crippen LogP contribution in [-0.4, -0.2) is 25.3 Å². The average Bonchev–Trinajstić information content (AvgIpc) is 2.78. The Morgan fingerprint density at radius 1 is 0.909 bits per heavy atom. The Labute approximate surface area is 196 Å². The molecule has 1 fully saturated rings. The molecule has 0 atom stereocenters. The minimum Gasteiger partial charge on any atom is -0.378 e. The van der Waals surface area contributed by atoms with Gasteiger partial charge in [-0.25, -0.2) is 0 Å². The van der Waals surface area contributed by atoms with Crippen molar-refractivity contribution < 1.29 is 22.2 Å². The molecule has 3 aromatic rings. The third-order valence-corrected chi connectivity index (χ3v) is 6.38. The normalized spacial score (nSPS) is 15.5. The number of rotatable bonds is 5. The first-order chi connectivity index (χ1) is 15.8. The number of anilines is 1. The summed E-state index contributed by atoms with van der Waals surface area (Å²) in [6.07, 6.45) is 1.29. The van der Waals surface area contributed by atoms with Crippen molar-refractivity contribution in [2.45, 2.75) is 11.8 Å². The molecule has 0 spiro atoms. The van der Waals surface area contributed by atoms with Gasteiger partial charge >= 0.3 is 10.1 Å². The van der Waals surface area contributed by atoms with Gasteiger partial charge in [0.2, 0.25) is 0 Å². The van der Waals surface area contributed by atoms with Gasteiger partial charge in [-0.3, -0.25) is 19.8 Å². The minimum absolute atomic E-state index is 0.0114. The van der Waals surface area contributed by atoms with E-state index in [2.05, 4.69) is 5.32 Å². The highest BCUT2D eigenvalue weighted by Crippen LogP contribution is 2.27. The van der Waals surface area contributed by atoms with Gasteiger partial charge < -0.3 is 4.18 Å². The number of amides is 2. The molecule has 1 heterocycles. The topological polar surface area (TPSA) is 92.8 Å². The molecule has 0 aromatic heterocycles. The highest BCUT2D eigenvalue weighted by molar-refractivity contribution is 7.87. The number of nitrogens with zero attached hydrogens (tertiary/aromatic N) is 1. The van der Waals surface area contributed by atoms with E-state index in [4.69, 9.17) is 16.4 Å². The molecule has 33 heavy (non-hydrogen) atoms. The van der Waals surface area contributed by atoms with Crippen molar-refractivity contribution in [3.05, 3.63) is 95.6 Å². The van der Waals surface area contributed by atoms with E-state index in [0.29, 0.717) is 5.69 Å². The fourth-order valence-corrected chi connectivity index (χ4v) is 4.41. The molecule has 3 aromatic carbocycles. The SMILES string of the molecule is Cc1ccc(S(=O)(=O)Oc2ccccc2/C=C2/C(=O)NC(=S)N(c3ccccc3)C2=O)cc1. The van der Waals surface area contributed by atoms with Gasteiger partial charge in [0.05, 0.1) is 5.69 Å². The number of nitrogens with one attached hydrogen (secondary N) is 1. The van der Waals surface area contributed by atoms with Crippen LogP contribution in [0.25, 0.3) is 6.08 Å². The van der Waals surface area contributed by atoms with E-state index < -0.39 is 21.9 Å². The van der Waals surface area contributed by atoms with Crippen molar-refractivity contribution in [3.8, 4) is 5.75 Å². The number of hydrogen-bond donors (Lipinski definition) is 1. The standard InChI is InChI=1S/C24H18N2O5S2/c1-16-11-13-19(14-12-16)33(29,30)31-21-10-6-5-7-17(21)15-20-22(27)25-24(32)26(23(20)28)18-8-3-2-4-9-18/h2-15H,1H3,(H,25,27,32)/b20-15-.